The van der Waals surface area contributed by atoms with Crippen LogP contribution in [0.4, 0.5) is 0 Å². The normalized spacial score (nSPS) is 10.2. The molecule has 0 aliphatic rings. The van der Waals surface area contributed by atoms with Gasteiger partial charge in [-0.15, -0.1) is 11.3 Å². The van der Waals surface area contributed by atoms with Gasteiger partial charge < -0.3 is 5.32 Å². The molecular weight excluding hydrogens is 322 g/mol. The quantitative estimate of drug-likeness (QED) is 0.902. The molecule has 0 saturated heterocycles. The van der Waals surface area contributed by atoms with Crippen LogP contribution < -0.4 is 5.32 Å². The van der Waals surface area contributed by atoms with E-state index in [2.05, 4.69) is 21.2 Å². The first-order chi connectivity index (χ1) is 8.15. The van der Waals surface area contributed by atoms with Crippen LogP contribution in [0.25, 0.3) is 0 Å². The molecule has 17 heavy (non-hydrogen) atoms. The molecule has 0 saturated carbocycles. The van der Waals surface area contributed by atoms with E-state index in [1.165, 1.54) is 0 Å². The summed E-state index contributed by atoms with van der Waals surface area (Å²) in [6.07, 6.45) is 0. The van der Waals surface area contributed by atoms with Crippen LogP contribution in [0.5, 0.6) is 0 Å². The topological polar surface area (TPSA) is 29.1 Å². The zero-order chi connectivity index (χ0) is 12.3. The molecule has 2 rings (SSSR count). The van der Waals surface area contributed by atoms with Gasteiger partial charge in [0.05, 0.1) is 6.54 Å². The van der Waals surface area contributed by atoms with E-state index in [1.54, 1.807) is 29.5 Å². The van der Waals surface area contributed by atoms with Gasteiger partial charge in [-0.25, -0.2) is 0 Å². The van der Waals surface area contributed by atoms with Gasteiger partial charge in [-0.3, -0.25) is 4.79 Å². The molecule has 0 aliphatic carbocycles. The van der Waals surface area contributed by atoms with Crippen molar-refractivity contribution in [3.05, 3.63) is 55.6 Å². The molecule has 2 aromatic rings. The Balaban J connectivity index is 2.04. The van der Waals surface area contributed by atoms with Crippen LogP contribution in [0.1, 0.15) is 15.2 Å². The van der Waals surface area contributed by atoms with Crippen LogP contribution in [0.2, 0.25) is 5.02 Å². The Bertz CT molecular complexity index is 507. The zero-order valence-electron chi connectivity index (χ0n) is 8.74. The van der Waals surface area contributed by atoms with E-state index in [4.69, 9.17) is 11.6 Å². The van der Waals surface area contributed by atoms with Gasteiger partial charge in [0, 0.05) is 19.9 Å². The monoisotopic (exact) mass is 329 g/mol. The van der Waals surface area contributed by atoms with Crippen molar-refractivity contribution in [3.63, 3.8) is 0 Å². The first-order valence-corrected chi connectivity index (χ1v) is 6.97. The van der Waals surface area contributed by atoms with Gasteiger partial charge in [0.1, 0.15) is 0 Å². The van der Waals surface area contributed by atoms with Gasteiger partial charge >= 0.3 is 0 Å². The molecule has 0 aliphatic heterocycles. The summed E-state index contributed by atoms with van der Waals surface area (Å²) in [6, 6.07) is 9.09. The van der Waals surface area contributed by atoms with Crippen LogP contribution in [0.3, 0.4) is 0 Å². The highest BCUT2D eigenvalue weighted by atomic mass is 79.9. The molecule has 0 unspecified atom stereocenters. The van der Waals surface area contributed by atoms with E-state index in [-0.39, 0.29) is 5.91 Å². The standard InChI is InChI=1S/C12H9BrClNOS/c13-9-4-8(5-10(14)6-9)12(16)15-7-11-2-1-3-17-11/h1-6H,7H2,(H,15,16). The zero-order valence-corrected chi connectivity index (χ0v) is 11.9. The lowest BCUT2D eigenvalue weighted by molar-refractivity contribution is 0.0951. The number of carbonyl (C=O) groups excluding carboxylic acids is 1. The fraction of sp³-hybridized carbons (Fsp3) is 0.0833. The van der Waals surface area contributed by atoms with Crippen molar-refractivity contribution in [1.29, 1.82) is 0 Å². The Morgan fingerprint density at radius 1 is 1.41 bits per heavy atom. The highest BCUT2D eigenvalue weighted by Crippen LogP contribution is 2.19. The van der Waals surface area contributed by atoms with Gasteiger partial charge in [0.2, 0.25) is 0 Å². The minimum absolute atomic E-state index is 0.124. The molecule has 2 nitrogen and oxygen atoms in total. The summed E-state index contributed by atoms with van der Waals surface area (Å²) in [5, 5.41) is 5.37. The highest BCUT2D eigenvalue weighted by molar-refractivity contribution is 9.10. The molecule has 0 radical (unpaired) electrons. The van der Waals surface area contributed by atoms with Crippen molar-refractivity contribution in [3.8, 4) is 0 Å². The van der Waals surface area contributed by atoms with Crippen molar-refractivity contribution in [2.75, 3.05) is 0 Å². The van der Waals surface area contributed by atoms with Gasteiger partial charge in [0.15, 0.2) is 0 Å². The summed E-state index contributed by atoms with van der Waals surface area (Å²) < 4.78 is 0.797. The average molecular weight is 331 g/mol. The van der Waals surface area contributed by atoms with E-state index in [0.717, 1.165) is 9.35 Å². The van der Waals surface area contributed by atoms with Gasteiger partial charge in [-0.2, -0.15) is 0 Å². The number of rotatable bonds is 3. The molecule has 0 atom stereocenters. The maximum Gasteiger partial charge on any atom is 0.251 e. The molecular formula is C12H9BrClNOS. The summed E-state index contributed by atoms with van der Waals surface area (Å²) in [6.45, 7) is 0.542. The van der Waals surface area contributed by atoms with Crippen LogP contribution in [-0.4, -0.2) is 5.91 Å². The van der Waals surface area contributed by atoms with Crippen LogP contribution in [0, 0.1) is 0 Å². The second kappa shape index (κ2) is 5.67. The number of halogens is 2. The third-order valence-corrected chi connectivity index (χ3v) is 3.68. The maximum absolute atomic E-state index is 11.9. The van der Waals surface area contributed by atoms with Gasteiger partial charge in [-0.1, -0.05) is 33.6 Å². The molecule has 5 heteroatoms. The number of amides is 1. The summed E-state index contributed by atoms with van der Waals surface area (Å²) in [5.74, 6) is -0.124. The molecule has 0 fully saturated rings. The Kier molecular flexibility index (Phi) is 4.20. The lowest BCUT2D eigenvalue weighted by atomic mass is 10.2. The van der Waals surface area contributed by atoms with Crippen LogP contribution in [-0.2, 0) is 6.54 Å². The predicted octanol–water partition coefficient (Wildman–Crippen LogP) is 4.09. The predicted molar refractivity (Wildman–Crippen MR) is 74.6 cm³/mol. The van der Waals surface area contributed by atoms with E-state index >= 15 is 0 Å². The molecule has 1 N–H and O–H groups in total. The number of thiophene rings is 1. The first kappa shape index (κ1) is 12.6. The van der Waals surface area contributed by atoms with Gasteiger partial charge in [0.25, 0.3) is 5.91 Å². The molecule has 0 spiro atoms. The number of carbonyl (C=O) groups is 1. The van der Waals surface area contributed by atoms with Crippen molar-refractivity contribution in [2.45, 2.75) is 6.54 Å². The summed E-state index contributed by atoms with van der Waals surface area (Å²) >= 11 is 10.8. The molecule has 1 aromatic carbocycles. The minimum atomic E-state index is -0.124. The SMILES string of the molecule is O=C(NCc1cccs1)c1cc(Cl)cc(Br)c1. The van der Waals surface area contributed by atoms with Gasteiger partial charge in [-0.05, 0) is 29.6 Å². The smallest absolute Gasteiger partial charge is 0.251 e. The van der Waals surface area contributed by atoms with Crippen molar-refractivity contribution in [2.24, 2.45) is 0 Å². The van der Waals surface area contributed by atoms with Crippen LogP contribution in [0.15, 0.2) is 40.2 Å². The Hall–Kier alpha value is -0.840. The lowest BCUT2D eigenvalue weighted by Crippen LogP contribution is -2.22. The third kappa shape index (κ3) is 3.56. The second-order valence-electron chi connectivity index (χ2n) is 3.42. The average Bonchev–Trinajstić information content (AvgIpc) is 2.77. The number of nitrogens with one attached hydrogen (secondary N) is 1. The number of benzene rings is 1. The number of hydrogen-bond acceptors (Lipinski definition) is 2. The van der Waals surface area contributed by atoms with E-state index in [0.29, 0.717) is 17.1 Å². The van der Waals surface area contributed by atoms with Crippen molar-refractivity contribution in [1.82, 2.24) is 5.32 Å². The van der Waals surface area contributed by atoms with E-state index in [9.17, 15) is 4.79 Å². The molecule has 88 valence electrons. The molecule has 0 bridgehead atoms. The van der Waals surface area contributed by atoms with E-state index < -0.39 is 0 Å². The fourth-order valence-electron chi connectivity index (χ4n) is 1.37. The fourth-order valence-corrected chi connectivity index (χ4v) is 2.87. The maximum atomic E-state index is 11.9. The van der Waals surface area contributed by atoms with Crippen molar-refractivity contribution >= 4 is 44.8 Å². The Morgan fingerprint density at radius 2 is 2.24 bits per heavy atom. The molecule has 1 amide bonds. The summed E-state index contributed by atoms with van der Waals surface area (Å²) in [7, 11) is 0. The molecule has 1 aromatic heterocycles. The second-order valence-corrected chi connectivity index (χ2v) is 5.80. The number of hydrogen-bond donors (Lipinski definition) is 1. The van der Waals surface area contributed by atoms with Crippen LogP contribution >= 0.6 is 38.9 Å². The minimum Gasteiger partial charge on any atom is -0.347 e. The van der Waals surface area contributed by atoms with E-state index in [1.807, 2.05) is 17.5 Å². The lowest BCUT2D eigenvalue weighted by Gasteiger charge is -2.04. The highest BCUT2D eigenvalue weighted by Gasteiger charge is 2.07. The third-order valence-electron chi connectivity index (χ3n) is 2.13. The Labute approximate surface area is 117 Å². The summed E-state index contributed by atoms with van der Waals surface area (Å²) in [4.78, 5) is 13.0. The van der Waals surface area contributed by atoms with Crippen molar-refractivity contribution < 1.29 is 4.79 Å². The largest absolute Gasteiger partial charge is 0.347 e. The Morgan fingerprint density at radius 3 is 2.88 bits per heavy atom. The summed E-state index contributed by atoms with van der Waals surface area (Å²) in [5.41, 5.74) is 0.556. The first-order valence-electron chi connectivity index (χ1n) is 4.92. The molecule has 1 heterocycles.